The van der Waals surface area contributed by atoms with Gasteiger partial charge in [0.1, 0.15) is 0 Å². The van der Waals surface area contributed by atoms with Crippen molar-refractivity contribution in [3.05, 3.63) is 143 Å². The highest BCUT2D eigenvalue weighted by Gasteiger charge is 2.51. The van der Waals surface area contributed by atoms with Gasteiger partial charge in [-0.3, -0.25) is 0 Å². The van der Waals surface area contributed by atoms with Gasteiger partial charge in [-0.15, -0.1) is 0 Å². The molecule has 1 spiro atoms. The topological polar surface area (TPSA) is 0 Å². The van der Waals surface area contributed by atoms with E-state index in [0.717, 1.165) is 0 Å². The molecular formula is C33H24. The molecule has 156 valence electrons. The first-order valence-electron chi connectivity index (χ1n) is 11.7. The Kier molecular flexibility index (Phi) is 3.71. The van der Waals surface area contributed by atoms with Crippen molar-refractivity contribution in [1.29, 1.82) is 0 Å². The van der Waals surface area contributed by atoms with Gasteiger partial charge in [-0.25, -0.2) is 0 Å². The third-order valence-electron chi connectivity index (χ3n) is 7.55. The quantitative estimate of drug-likeness (QED) is 0.250. The van der Waals surface area contributed by atoms with Gasteiger partial charge in [-0.05, 0) is 75.5 Å². The van der Waals surface area contributed by atoms with Crippen molar-refractivity contribution in [2.45, 2.75) is 19.3 Å². The normalized spacial score (nSPS) is 14.0. The van der Waals surface area contributed by atoms with E-state index in [4.69, 9.17) is 0 Å². The SMILES string of the molecule is Cc1cc(C)cc(-c2ccc3c(c2)C2(c4ccccc4-c4ccccc42)c2ccccc2-3)c1. The van der Waals surface area contributed by atoms with E-state index in [0.29, 0.717) is 0 Å². The lowest BCUT2D eigenvalue weighted by molar-refractivity contribution is 0.794. The molecule has 0 bridgehead atoms. The molecule has 0 N–H and O–H groups in total. The van der Waals surface area contributed by atoms with Crippen LogP contribution in [0.15, 0.2) is 109 Å². The number of rotatable bonds is 1. The molecule has 0 unspecified atom stereocenters. The molecule has 5 aromatic rings. The van der Waals surface area contributed by atoms with Crippen LogP contribution in [0.4, 0.5) is 0 Å². The number of fused-ring (bicyclic) bond motifs is 10. The minimum absolute atomic E-state index is 0.270. The Morgan fingerprint density at radius 3 is 1.36 bits per heavy atom. The van der Waals surface area contributed by atoms with E-state index >= 15 is 0 Å². The van der Waals surface area contributed by atoms with Gasteiger partial charge in [0, 0.05) is 0 Å². The molecule has 2 aliphatic rings. The average molecular weight is 421 g/mol. The lowest BCUT2D eigenvalue weighted by Crippen LogP contribution is -2.25. The Morgan fingerprint density at radius 2 is 0.848 bits per heavy atom. The monoisotopic (exact) mass is 420 g/mol. The summed E-state index contributed by atoms with van der Waals surface area (Å²) < 4.78 is 0. The number of hydrogen-bond acceptors (Lipinski definition) is 0. The fourth-order valence-electron chi connectivity index (χ4n) is 6.42. The van der Waals surface area contributed by atoms with Gasteiger partial charge in [0.2, 0.25) is 0 Å². The fraction of sp³-hybridized carbons (Fsp3) is 0.0909. The zero-order valence-electron chi connectivity index (χ0n) is 18.9. The van der Waals surface area contributed by atoms with Crippen molar-refractivity contribution in [2.24, 2.45) is 0 Å². The molecule has 0 radical (unpaired) electrons. The molecule has 0 aliphatic heterocycles. The van der Waals surface area contributed by atoms with Crippen molar-refractivity contribution >= 4 is 0 Å². The van der Waals surface area contributed by atoms with E-state index in [1.807, 2.05) is 0 Å². The summed E-state index contributed by atoms with van der Waals surface area (Å²) in [5.41, 5.74) is 15.9. The van der Waals surface area contributed by atoms with Crippen LogP contribution in [-0.4, -0.2) is 0 Å². The summed E-state index contributed by atoms with van der Waals surface area (Å²) in [7, 11) is 0. The summed E-state index contributed by atoms with van der Waals surface area (Å²) in [6.45, 7) is 4.37. The van der Waals surface area contributed by atoms with Crippen molar-refractivity contribution in [2.75, 3.05) is 0 Å². The summed E-state index contributed by atoms with van der Waals surface area (Å²) in [5.74, 6) is 0. The largest absolute Gasteiger partial charge is 0.0725 e. The van der Waals surface area contributed by atoms with E-state index < -0.39 is 0 Å². The fourth-order valence-corrected chi connectivity index (χ4v) is 6.42. The van der Waals surface area contributed by atoms with Crippen molar-refractivity contribution in [3.63, 3.8) is 0 Å². The molecule has 0 fully saturated rings. The first kappa shape index (κ1) is 18.7. The van der Waals surface area contributed by atoms with Gasteiger partial charge >= 0.3 is 0 Å². The third-order valence-corrected chi connectivity index (χ3v) is 7.55. The van der Waals surface area contributed by atoms with E-state index in [1.165, 1.54) is 66.8 Å². The number of benzene rings is 5. The molecule has 0 atom stereocenters. The zero-order valence-corrected chi connectivity index (χ0v) is 18.9. The predicted octanol–water partition coefficient (Wildman–Crippen LogP) is 8.31. The van der Waals surface area contributed by atoms with E-state index in [9.17, 15) is 0 Å². The second kappa shape index (κ2) is 6.56. The van der Waals surface area contributed by atoms with Crippen LogP contribution in [0.5, 0.6) is 0 Å². The van der Waals surface area contributed by atoms with Gasteiger partial charge in [0.05, 0.1) is 5.41 Å². The summed E-state index contributed by atoms with van der Waals surface area (Å²) in [6, 6.07) is 41.0. The third kappa shape index (κ3) is 2.36. The molecule has 0 saturated carbocycles. The van der Waals surface area contributed by atoms with E-state index in [2.05, 4.69) is 123 Å². The Labute approximate surface area is 195 Å². The summed E-state index contributed by atoms with van der Waals surface area (Å²) in [5, 5.41) is 0. The molecule has 7 rings (SSSR count). The second-order valence-corrected chi connectivity index (χ2v) is 9.52. The summed E-state index contributed by atoms with van der Waals surface area (Å²) in [4.78, 5) is 0. The molecule has 0 saturated heterocycles. The summed E-state index contributed by atoms with van der Waals surface area (Å²) >= 11 is 0. The molecule has 0 aromatic heterocycles. The Hall–Kier alpha value is -3.90. The van der Waals surface area contributed by atoms with Crippen LogP contribution in [0.1, 0.15) is 33.4 Å². The van der Waals surface area contributed by atoms with Gasteiger partial charge in [0.25, 0.3) is 0 Å². The van der Waals surface area contributed by atoms with Crippen LogP contribution < -0.4 is 0 Å². The zero-order chi connectivity index (χ0) is 22.2. The highest BCUT2D eigenvalue weighted by molar-refractivity contribution is 5.95. The highest BCUT2D eigenvalue weighted by atomic mass is 14.5. The van der Waals surface area contributed by atoms with E-state index in [-0.39, 0.29) is 5.41 Å². The lowest BCUT2D eigenvalue weighted by Gasteiger charge is -2.30. The maximum atomic E-state index is 2.46. The average Bonchev–Trinajstić information content (AvgIpc) is 3.31. The molecule has 0 heterocycles. The smallest absolute Gasteiger partial charge is 0.0619 e. The lowest BCUT2D eigenvalue weighted by atomic mass is 9.70. The number of aryl methyl sites for hydroxylation is 2. The first-order valence-corrected chi connectivity index (χ1v) is 11.7. The molecule has 0 amide bonds. The van der Waals surface area contributed by atoms with Crippen molar-refractivity contribution in [3.8, 4) is 33.4 Å². The maximum absolute atomic E-state index is 2.46. The standard InChI is InChI=1S/C33H24/c1-21-17-22(2)19-24(18-21)23-15-16-28-27-11-5-8-14-31(27)33(32(28)20-23)29-12-6-3-9-25(29)26-10-4-7-13-30(26)33/h3-20H,1-2H3. The van der Waals surface area contributed by atoms with Crippen molar-refractivity contribution in [1.82, 2.24) is 0 Å². The van der Waals surface area contributed by atoms with Gasteiger partial charge in [-0.2, -0.15) is 0 Å². The summed E-state index contributed by atoms with van der Waals surface area (Å²) in [6.07, 6.45) is 0. The van der Waals surface area contributed by atoms with Crippen LogP contribution in [0.25, 0.3) is 33.4 Å². The first-order chi connectivity index (χ1) is 16.2. The minimum Gasteiger partial charge on any atom is -0.0619 e. The Bertz CT molecular complexity index is 1500. The Morgan fingerprint density at radius 1 is 0.394 bits per heavy atom. The number of hydrogen-bond donors (Lipinski definition) is 0. The van der Waals surface area contributed by atoms with Crippen LogP contribution >= 0.6 is 0 Å². The Balaban J connectivity index is 1.61. The molecule has 0 nitrogen and oxygen atoms in total. The van der Waals surface area contributed by atoms with Crippen LogP contribution in [-0.2, 0) is 5.41 Å². The van der Waals surface area contributed by atoms with Crippen LogP contribution in [0, 0.1) is 13.8 Å². The van der Waals surface area contributed by atoms with E-state index in [1.54, 1.807) is 0 Å². The minimum atomic E-state index is -0.270. The van der Waals surface area contributed by atoms with Gasteiger partial charge < -0.3 is 0 Å². The van der Waals surface area contributed by atoms with Crippen LogP contribution in [0.2, 0.25) is 0 Å². The van der Waals surface area contributed by atoms with Crippen LogP contribution in [0.3, 0.4) is 0 Å². The predicted molar refractivity (Wildman–Crippen MR) is 138 cm³/mol. The molecule has 2 aliphatic carbocycles. The van der Waals surface area contributed by atoms with Crippen molar-refractivity contribution < 1.29 is 0 Å². The molecule has 0 heteroatoms. The molecule has 5 aromatic carbocycles. The highest BCUT2D eigenvalue weighted by Crippen LogP contribution is 2.62. The molecular weight excluding hydrogens is 396 g/mol. The van der Waals surface area contributed by atoms with Gasteiger partial charge in [-0.1, -0.05) is 114 Å². The van der Waals surface area contributed by atoms with Gasteiger partial charge in [0.15, 0.2) is 0 Å². The maximum Gasteiger partial charge on any atom is 0.0725 e. The second-order valence-electron chi connectivity index (χ2n) is 9.52. The molecule has 33 heavy (non-hydrogen) atoms.